The number of hydrogen-bond acceptors (Lipinski definition) is 4. The lowest BCUT2D eigenvalue weighted by molar-refractivity contribution is 0.526. The SMILES string of the molecule is Cc1ccc(C(NN)C2SCCSC2C)cc1C. The van der Waals surface area contributed by atoms with Crippen molar-refractivity contribution in [2.75, 3.05) is 11.5 Å². The van der Waals surface area contributed by atoms with Crippen molar-refractivity contribution < 1.29 is 0 Å². The first kappa shape index (κ1) is 14.3. The van der Waals surface area contributed by atoms with Crippen LogP contribution in [0.1, 0.15) is 29.7 Å². The summed E-state index contributed by atoms with van der Waals surface area (Å²) in [5.74, 6) is 8.29. The van der Waals surface area contributed by atoms with Crippen molar-refractivity contribution in [1.29, 1.82) is 0 Å². The molecule has 1 aliphatic heterocycles. The molecule has 0 bridgehead atoms. The summed E-state index contributed by atoms with van der Waals surface area (Å²) in [6.45, 7) is 6.63. The maximum absolute atomic E-state index is 5.81. The quantitative estimate of drug-likeness (QED) is 0.660. The maximum Gasteiger partial charge on any atom is 0.0589 e. The molecule has 1 heterocycles. The highest BCUT2D eigenvalue weighted by atomic mass is 32.2. The van der Waals surface area contributed by atoms with Crippen molar-refractivity contribution in [3.63, 3.8) is 0 Å². The molecule has 0 spiro atoms. The van der Waals surface area contributed by atoms with Crippen molar-refractivity contribution in [1.82, 2.24) is 5.43 Å². The summed E-state index contributed by atoms with van der Waals surface area (Å²) in [6.07, 6.45) is 0. The highest BCUT2D eigenvalue weighted by Gasteiger charge is 2.30. The minimum atomic E-state index is 0.247. The van der Waals surface area contributed by atoms with Crippen LogP contribution in [0, 0.1) is 13.8 Å². The Bertz CT molecular complexity index is 409. The molecule has 0 aromatic heterocycles. The molecule has 1 aliphatic rings. The predicted molar refractivity (Wildman–Crippen MR) is 84.1 cm³/mol. The third kappa shape index (κ3) is 3.05. The Morgan fingerprint density at radius 2 is 1.94 bits per heavy atom. The number of rotatable bonds is 3. The van der Waals surface area contributed by atoms with E-state index >= 15 is 0 Å². The van der Waals surface area contributed by atoms with Gasteiger partial charge in [0.2, 0.25) is 0 Å². The van der Waals surface area contributed by atoms with Crippen molar-refractivity contribution in [3.8, 4) is 0 Å². The molecule has 4 heteroatoms. The Balaban J connectivity index is 2.23. The Morgan fingerprint density at radius 1 is 1.22 bits per heavy atom. The number of benzene rings is 1. The van der Waals surface area contributed by atoms with Gasteiger partial charge in [0.05, 0.1) is 6.04 Å². The zero-order valence-electron chi connectivity index (χ0n) is 11.3. The minimum Gasteiger partial charge on any atom is -0.271 e. The van der Waals surface area contributed by atoms with E-state index in [9.17, 15) is 0 Å². The minimum absolute atomic E-state index is 0.247. The van der Waals surface area contributed by atoms with Gasteiger partial charge in [-0.3, -0.25) is 11.3 Å². The molecule has 2 rings (SSSR count). The molecular weight excluding hydrogens is 260 g/mol. The van der Waals surface area contributed by atoms with E-state index in [1.54, 1.807) is 0 Å². The van der Waals surface area contributed by atoms with E-state index in [4.69, 9.17) is 5.84 Å². The highest BCUT2D eigenvalue weighted by Crippen LogP contribution is 2.38. The van der Waals surface area contributed by atoms with Crippen LogP contribution in [-0.4, -0.2) is 22.0 Å². The lowest BCUT2D eigenvalue weighted by atomic mass is 9.98. The second-order valence-corrected chi connectivity index (χ2v) is 7.67. The van der Waals surface area contributed by atoms with Gasteiger partial charge in [0.15, 0.2) is 0 Å². The third-order valence-corrected chi connectivity index (χ3v) is 6.83. The van der Waals surface area contributed by atoms with E-state index < -0.39 is 0 Å². The second-order valence-electron chi connectivity index (χ2n) is 4.90. The molecular formula is C14H22N2S2. The lowest BCUT2D eigenvalue weighted by Crippen LogP contribution is -2.40. The first-order chi connectivity index (χ1) is 8.63. The molecule has 3 atom stereocenters. The van der Waals surface area contributed by atoms with Crippen LogP contribution in [-0.2, 0) is 0 Å². The Labute approximate surface area is 118 Å². The van der Waals surface area contributed by atoms with Gasteiger partial charge in [-0.1, -0.05) is 25.1 Å². The van der Waals surface area contributed by atoms with Gasteiger partial charge < -0.3 is 0 Å². The zero-order chi connectivity index (χ0) is 13.1. The van der Waals surface area contributed by atoms with E-state index in [0.717, 1.165) is 0 Å². The average Bonchev–Trinajstić information content (AvgIpc) is 2.37. The predicted octanol–water partition coefficient (Wildman–Crippen LogP) is 3.04. The van der Waals surface area contributed by atoms with Crippen LogP contribution >= 0.6 is 23.5 Å². The molecule has 2 nitrogen and oxygen atoms in total. The number of nitrogens with two attached hydrogens (primary N) is 1. The van der Waals surface area contributed by atoms with E-state index in [0.29, 0.717) is 10.5 Å². The highest BCUT2D eigenvalue weighted by molar-refractivity contribution is 8.07. The first-order valence-electron chi connectivity index (χ1n) is 6.40. The molecule has 3 N–H and O–H groups in total. The van der Waals surface area contributed by atoms with Crippen LogP contribution in [0.5, 0.6) is 0 Å². The van der Waals surface area contributed by atoms with Gasteiger partial charge in [-0.15, -0.1) is 0 Å². The molecule has 1 fully saturated rings. The first-order valence-corrected chi connectivity index (χ1v) is 8.49. The molecule has 1 saturated heterocycles. The topological polar surface area (TPSA) is 38.0 Å². The van der Waals surface area contributed by atoms with Gasteiger partial charge in [-0.25, -0.2) is 0 Å². The van der Waals surface area contributed by atoms with Gasteiger partial charge in [-0.05, 0) is 30.5 Å². The van der Waals surface area contributed by atoms with Crippen molar-refractivity contribution in [2.45, 2.75) is 37.3 Å². The summed E-state index contributed by atoms with van der Waals surface area (Å²) in [5, 5.41) is 1.20. The maximum atomic E-state index is 5.81. The smallest absolute Gasteiger partial charge is 0.0589 e. The van der Waals surface area contributed by atoms with Crippen LogP contribution < -0.4 is 11.3 Å². The van der Waals surface area contributed by atoms with E-state index in [1.807, 2.05) is 11.8 Å². The largest absolute Gasteiger partial charge is 0.271 e. The molecule has 0 aliphatic carbocycles. The fourth-order valence-corrected chi connectivity index (χ4v) is 5.29. The van der Waals surface area contributed by atoms with Crippen LogP contribution in [0.15, 0.2) is 18.2 Å². The molecule has 18 heavy (non-hydrogen) atoms. The van der Waals surface area contributed by atoms with Crippen LogP contribution in [0.3, 0.4) is 0 Å². The third-order valence-electron chi connectivity index (χ3n) is 3.64. The summed E-state index contributed by atoms with van der Waals surface area (Å²) in [5.41, 5.74) is 7.03. The monoisotopic (exact) mass is 282 g/mol. The number of hydrazine groups is 1. The van der Waals surface area contributed by atoms with E-state index in [-0.39, 0.29) is 6.04 Å². The normalized spacial score (nSPS) is 26.0. The number of nitrogens with one attached hydrogen (secondary N) is 1. The standard InChI is InChI=1S/C14H22N2S2/c1-9-4-5-12(8-10(9)2)13(16-15)14-11(3)17-6-7-18-14/h4-5,8,11,13-14,16H,6-7,15H2,1-3H3. The molecule has 0 amide bonds. The summed E-state index contributed by atoms with van der Waals surface area (Å²) in [6, 6.07) is 6.92. The molecule has 3 unspecified atom stereocenters. The number of hydrogen-bond donors (Lipinski definition) is 2. The lowest BCUT2D eigenvalue weighted by Gasteiger charge is -2.34. The number of aryl methyl sites for hydroxylation is 2. The second kappa shape index (κ2) is 6.33. The molecule has 0 saturated carbocycles. The van der Waals surface area contributed by atoms with Gasteiger partial charge in [-0.2, -0.15) is 23.5 Å². The Morgan fingerprint density at radius 3 is 2.56 bits per heavy atom. The zero-order valence-corrected chi connectivity index (χ0v) is 12.9. The number of thioether (sulfide) groups is 2. The summed E-state index contributed by atoms with van der Waals surface area (Å²) >= 11 is 4.10. The Kier molecular flexibility index (Phi) is 5.01. The molecule has 1 aromatic carbocycles. The van der Waals surface area contributed by atoms with Crippen molar-refractivity contribution >= 4 is 23.5 Å². The Hall–Kier alpha value is -0.160. The summed E-state index contributed by atoms with van der Waals surface area (Å²) in [4.78, 5) is 0. The van der Waals surface area contributed by atoms with Gasteiger partial charge in [0.25, 0.3) is 0 Å². The van der Waals surface area contributed by atoms with E-state index in [2.05, 4.69) is 56.2 Å². The summed E-state index contributed by atoms with van der Waals surface area (Å²) in [7, 11) is 0. The van der Waals surface area contributed by atoms with Gasteiger partial charge in [0, 0.05) is 22.0 Å². The molecule has 1 aromatic rings. The molecule has 100 valence electrons. The van der Waals surface area contributed by atoms with E-state index in [1.165, 1.54) is 28.2 Å². The average molecular weight is 282 g/mol. The van der Waals surface area contributed by atoms with Crippen LogP contribution in [0.25, 0.3) is 0 Å². The van der Waals surface area contributed by atoms with Crippen molar-refractivity contribution in [3.05, 3.63) is 34.9 Å². The fraction of sp³-hybridized carbons (Fsp3) is 0.571. The van der Waals surface area contributed by atoms with Crippen molar-refractivity contribution in [2.24, 2.45) is 5.84 Å². The van der Waals surface area contributed by atoms with Crippen LogP contribution in [0.4, 0.5) is 0 Å². The summed E-state index contributed by atoms with van der Waals surface area (Å²) < 4.78 is 0. The van der Waals surface area contributed by atoms with Gasteiger partial charge in [0.1, 0.15) is 0 Å². The fourth-order valence-electron chi connectivity index (χ4n) is 2.35. The van der Waals surface area contributed by atoms with Crippen LogP contribution in [0.2, 0.25) is 0 Å². The molecule has 0 radical (unpaired) electrons. The van der Waals surface area contributed by atoms with Gasteiger partial charge >= 0.3 is 0 Å².